The number of ether oxygens (including phenoxy) is 1. The van der Waals surface area contributed by atoms with Crippen molar-refractivity contribution in [3.8, 4) is 0 Å². The fourth-order valence-corrected chi connectivity index (χ4v) is 9.56. The van der Waals surface area contributed by atoms with Crippen LogP contribution in [0, 0.1) is 0 Å². The van der Waals surface area contributed by atoms with E-state index in [4.69, 9.17) is 13.8 Å². The zero-order valence-corrected chi connectivity index (χ0v) is 55.9. The summed E-state index contributed by atoms with van der Waals surface area (Å²) in [5.41, 5.74) is 0. The molecule has 0 radical (unpaired) electrons. The summed E-state index contributed by atoms with van der Waals surface area (Å²) in [6.45, 7) is 6.73. The topological polar surface area (TPSA) is 111 Å². The normalized spacial score (nSPS) is 14.6. The van der Waals surface area contributed by atoms with Crippen molar-refractivity contribution in [2.75, 3.05) is 40.9 Å². The molecule has 10 heteroatoms. The number of hydrogen-bond acceptors (Lipinski definition) is 6. The molecule has 0 heterocycles. The molecule has 0 aromatic heterocycles. The van der Waals surface area contributed by atoms with Crippen LogP contribution in [0.3, 0.4) is 0 Å². The lowest BCUT2D eigenvalue weighted by molar-refractivity contribution is -0.870. The van der Waals surface area contributed by atoms with Crippen LogP contribution >= 0.6 is 7.82 Å². The number of nitrogens with zero attached hydrogens (tertiary/aromatic N) is 1. The maximum atomic E-state index is 13.6. The monoisotopic (exact) mass is 1200 g/mol. The molecule has 0 aliphatic carbocycles. The molecule has 0 aromatic rings. The highest BCUT2D eigenvalue weighted by Gasteiger charge is 2.30. The van der Waals surface area contributed by atoms with Gasteiger partial charge in [-0.3, -0.25) is 18.6 Å². The third-order valence-corrected chi connectivity index (χ3v) is 14.9. The molecule has 3 atom stereocenters. The predicted octanol–water partition coefficient (Wildman–Crippen LogP) is 21.6. The number of esters is 1. The van der Waals surface area contributed by atoms with E-state index in [0.29, 0.717) is 23.9 Å². The van der Waals surface area contributed by atoms with Crippen LogP contribution in [0.15, 0.2) is 158 Å². The SMILES string of the molecule is CC/C=C\C/C=C\C/C=C\C/C=C\C/C=C\C/C=C\CCCCCCCCC(=O)NC(COP(=O)(O)OCC[N+](C)(C)C)C(/C=C/CCCCCCCCCCC)OC(=O)CCCCCC/C=C\C/C=C\C/C=C\C/C=C\C/C=C\C/C=C\CC. The zero-order valence-electron chi connectivity index (χ0n) is 55.0. The number of quaternary nitrogens is 1. The third kappa shape index (κ3) is 63.9. The van der Waals surface area contributed by atoms with Gasteiger partial charge in [-0.25, -0.2) is 4.57 Å². The Morgan fingerprint density at radius 2 is 0.753 bits per heavy atom. The first-order chi connectivity index (χ1) is 41.4. The number of hydrogen-bond donors (Lipinski definition) is 2. The third-order valence-electron chi connectivity index (χ3n) is 14.0. The highest BCUT2D eigenvalue weighted by atomic mass is 31.2. The van der Waals surface area contributed by atoms with Gasteiger partial charge in [-0.1, -0.05) is 263 Å². The van der Waals surface area contributed by atoms with E-state index >= 15 is 0 Å². The Morgan fingerprint density at radius 3 is 1.13 bits per heavy atom. The van der Waals surface area contributed by atoms with Gasteiger partial charge in [0.25, 0.3) is 0 Å². The molecule has 0 rings (SSSR count). The highest BCUT2D eigenvalue weighted by molar-refractivity contribution is 7.47. The van der Waals surface area contributed by atoms with Gasteiger partial charge >= 0.3 is 13.8 Å². The van der Waals surface area contributed by atoms with Gasteiger partial charge < -0.3 is 19.4 Å². The minimum absolute atomic E-state index is 0.0231. The number of nitrogens with one attached hydrogen (secondary N) is 1. The second kappa shape index (κ2) is 62.7. The Labute approximate surface area is 522 Å². The number of phosphoric acid groups is 1. The molecule has 9 nitrogen and oxygen atoms in total. The minimum atomic E-state index is -4.48. The Morgan fingerprint density at radius 1 is 0.424 bits per heavy atom. The van der Waals surface area contributed by atoms with Crippen LogP contribution in [0.2, 0.25) is 0 Å². The summed E-state index contributed by atoms with van der Waals surface area (Å²) in [6.07, 6.45) is 92.5. The zero-order chi connectivity index (χ0) is 62.1. The van der Waals surface area contributed by atoms with Crippen LogP contribution in [0.1, 0.15) is 252 Å². The van der Waals surface area contributed by atoms with Crippen LogP contribution in [0.4, 0.5) is 0 Å². The molecule has 0 aromatic carbocycles. The van der Waals surface area contributed by atoms with Crippen molar-refractivity contribution >= 4 is 19.7 Å². The van der Waals surface area contributed by atoms with Gasteiger partial charge in [0.15, 0.2) is 0 Å². The van der Waals surface area contributed by atoms with E-state index in [1.807, 2.05) is 33.3 Å². The van der Waals surface area contributed by atoms with E-state index in [1.54, 1.807) is 0 Å². The lowest BCUT2D eigenvalue weighted by atomic mass is 10.1. The van der Waals surface area contributed by atoms with Crippen molar-refractivity contribution in [3.05, 3.63) is 158 Å². The number of carbonyl (C=O) groups excluding carboxylic acids is 2. The molecule has 3 unspecified atom stereocenters. The Bertz CT molecular complexity index is 2010. The summed E-state index contributed by atoms with van der Waals surface area (Å²) in [6, 6.07) is -0.881. The minimum Gasteiger partial charge on any atom is -0.456 e. The first-order valence-electron chi connectivity index (χ1n) is 33.8. The average Bonchev–Trinajstić information content (AvgIpc) is 3.64. The van der Waals surface area contributed by atoms with E-state index in [0.717, 1.165) is 167 Å². The largest absolute Gasteiger partial charge is 0.472 e. The first-order valence-corrected chi connectivity index (χ1v) is 35.3. The number of allylic oxidation sites excluding steroid dienone is 25. The molecule has 2 N–H and O–H groups in total. The van der Waals surface area contributed by atoms with Crippen molar-refractivity contribution in [2.45, 2.75) is 264 Å². The number of amides is 1. The van der Waals surface area contributed by atoms with Gasteiger partial charge in [-0.15, -0.1) is 0 Å². The van der Waals surface area contributed by atoms with Crippen molar-refractivity contribution in [1.82, 2.24) is 5.32 Å². The molecule has 0 saturated carbocycles. The fraction of sp³-hybridized carbons (Fsp3) is 0.627. The van der Waals surface area contributed by atoms with Crippen LogP contribution in [0.5, 0.6) is 0 Å². The number of likely N-dealkylation sites (N-methyl/N-ethyl adjacent to an activating group) is 1. The molecule has 0 fully saturated rings. The van der Waals surface area contributed by atoms with Crippen molar-refractivity contribution in [2.24, 2.45) is 0 Å². The first kappa shape index (κ1) is 80.6. The van der Waals surface area contributed by atoms with E-state index in [1.165, 1.54) is 44.9 Å². The van der Waals surface area contributed by atoms with Gasteiger partial charge in [-0.2, -0.15) is 0 Å². The van der Waals surface area contributed by atoms with Gasteiger partial charge in [0.05, 0.1) is 33.8 Å². The van der Waals surface area contributed by atoms with Gasteiger partial charge in [0, 0.05) is 12.8 Å². The predicted molar refractivity (Wildman–Crippen MR) is 368 cm³/mol. The maximum Gasteiger partial charge on any atom is 0.472 e. The van der Waals surface area contributed by atoms with Crippen molar-refractivity contribution in [1.29, 1.82) is 0 Å². The van der Waals surface area contributed by atoms with Crippen molar-refractivity contribution in [3.63, 3.8) is 0 Å². The molecule has 0 spiro atoms. The van der Waals surface area contributed by atoms with E-state index in [9.17, 15) is 19.0 Å². The Kier molecular flexibility index (Phi) is 59.5. The quantitative estimate of drug-likeness (QED) is 0.0205. The fourth-order valence-electron chi connectivity index (χ4n) is 8.83. The molecule has 0 aliphatic rings. The summed E-state index contributed by atoms with van der Waals surface area (Å²) >= 11 is 0. The number of phosphoric ester groups is 1. The van der Waals surface area contributed by atoms with E-state index in [-0.39, 0.29) is 31.5 Å². The Balaban J connectivity index is 5.21. The summed E-state index contributed by atoms with van der Waals surface area (Å²) in [7, 11) is 1.44. The second-order valence-corrected chi connectivity index (χ2v) is 24.7. The van der Waals surface area contributed by atoms with E-state index < -0.39 is 20.0 Å². The number of rotatable bonds is 59. The summed E-state index contributed by atoms with van der Waals surface area (Å²) < 4.78 is 30.7. The van der Waals surface area contributed by atoms with Crippen molar-refractivity contribution < 1.29 is 37.3 Å². The van der Waals surface area contributed by atoms with Gasteiger partial charge in [0.2, 0.25) is 5.91 Å². The summed E-state index contributed by atoms with van der Waals surface area (Å²) in [5.74, 6) is -0.564. The van der Waals surface area contributed by atoms with Crippen LogP contribution in [0.25, 0.3) is 0 Å². The van der Waals surface area contributed by atoms with Gasteiger partial charge in [0.1, 0.15) is 19.3 Å². The summed E-state index contributed by atoms with van der Waals surface area (Å²) in [4.78, 5) is 37.8. The maximum absolute atomic E-state index is 13.6. The number of carbonyl (C=O) groups is 2. The molecule has 0 saturated heterocycles. The molecule has 0 aliphatic heterocycles. The lowest BCUT2D eigenvalue weighted by Crippen LogP contribution is -2.47. The molecular weight excluding hydrogens is 1070 g/mol. The molecule has 85 heavy (non-hydrogen) atoms. The highest BCUT2D eigenvalue weighted by Crippen LogP contribution is 2.43. The molecule has 482 valence electrons. The average molecular weight is 1200 g/mol. The number of unbranched alkanes of at least 4 members (excludes halogenated alkanes) is 19. The smallest absolute Gasteiger partial charge is 0.456 e. The van der Waals surface area contributed by atoms with Crippen LogP contribution in [-0.2, 0) is 27.9 Å². The second-order valence-electron chi connectivity index (χ2n) is 23.2. The van der Waals surface area contributed by atoms with E-state index in [2.05, 4.69) is 172 Å². The van der Waals surface area contributed by atoms with Crippen LogP contribution < -0.4 is 5.32 Å². The lowest BCUT2D eigenvalue weighted by Gasteiger charge is -2.27. The molecule has 1 amide bonds. The molecule has 0 bridgehead atoms. The standard InChI is InChI=1S/C75H125N2O7P/c1-7-10-13-16-19-22-25-27-29-31-33-35-37-38-40-41-43-45-47-49-52-55-58-61-64-67-74(78)76-72(71-83-85(80,81)82-70-69-77(4,5)6)73(66-63-60-57-54-51-24-21-18-15-12-9-3)84-75(79)68-65-62-59-56-53-50-48-46-44-42-39-36-34-32-30-28-26-23-20-17-14-11-8-2/h10-11,13-14,19-20,22-23,27-30,33-36,38,40,42-45,48,50,63,66,72-73H,7-9,12,15-18,21,24-26,31-32,37,39,41,46-47,49,51-62,64-65,67-71H2,1-6H3,(H-,76,78,80,81)/p+1/b13-10-,14-11-,22-19-,23-20-,29-27-,30-28-,35-33-,36-34-,40-38-,44-42-,45-43-,50-48-,66-63+. The van der Waals surface area contributed by atoms with Crippen LogP contribution in [-0.4, -0.2) is 74.3 Å². The van der Waals surface area contributed by atoms with Gasteiger partial charge in [-0.05, 0) is 134 Å². The Hall–Kier alpha value is -4.37. The molecular formula is C75H126N2O7P+. The summed E-state index contributed by atoms with van der Waals surface area (Å²) in [5, 5.41) is 3.04.